The average molecular weight is 730 g/mol. The fourth-order valence-corrected chi connectivity index (χ4v) is 9.13. The van der Waals surface area contributed by atoms with E-state index in [-0.39, 0.29) is 0 Å². The second-order valence-electron chi connectivity index (χ2n) is 14.3. The Balaban J connectivity index is 1.26. The van der Waals surface area contributed by atoms with Crippen LogP contribution in [0.5, 0.6) is 0 Å². The second kappa shape index (κ2) is 12.2. The van der Waals surface area contributed by atoms with Crippen molar-refractivity contribution in [3.05, 3.63) is 181 Å². The molecule has 0 radical (unpaired) electrons. The van der Waals surface area contributed by atoms with Gasteiger partial charge in [0.1, 0.15) is 23.5 Å². The molecular formula is C51H31N5O. The van der Waals surface area contributed by atoms with Gasteiger partial charge in [-0.3, -0.25) is 0 Å². The predicted molar refractivity (Wildman–Crippen MR) is 231 cm³/mol. The SMILES string of the molecule is C=Cc1c(-c2oc3c(ccc4c3c3ccccc3n4-c3c(C#N)ccc(C#N)c3-n3c4ccccc4c4ccccc43)c2C)c2ccccc2n1-c1ccccc1. The normalized spacial score (nSPS) is 11.6. The summed E-state index contributed by atoms with van der Waals surface area (Å²) in [6.45, 7) is 6.41. The number of hydrogen-bond acceptors (Lipinski definition) is 3. The zero-order valence-electron chi connectivity index (χ0n) is 30.9. The maximum atomic E-state index is 10.8. The van der Waals surface area contributed by atoms with Gasteiger partial charge in [0.2, 0.25) is 0 Å². The van der Waals surface area contributed by atoms with Crippen LogP contribution in [0, 0.1) is 29.6 Å². The van der Waals surface area contributed by atoms with Crippen LogP contribution >= 0.6 is 0 Å². The summed E-state index contributed by atoms with van der Waals surface area (Å²) in [5.74, 6) is 0.783. The van der Waals surface area contributed by atoms with Crippen LogP contribution in [0.1, 0.15) is 22.4 Å². The lowest BCUT2D eigenvalue weighted by molar-refractivity contribution is 0.633. The molecule has 0 aliphatic rings. The first-order chi connectivity index (χ1) is 28.1. The number of para-hydroxylation sites is 5. The lowest BCUT2D eigenvalue weighted by Crippen LogP contribution is -2.08. The van der Waals surface area contributed by atoms with Crippen molar-refractivity contribution in [2.75, 3.05) is 0 Å². The first kappa shape index (κ1) is 32.4. The molecular weight excluding hydrogens is 699 g/mol. The monoisotopic (exact) mass is 729 g/mol. The molecule has 0 fully saturated rings. The quantitative estimate of drug-likeness (QED) is 0.177. The zero-order chi connectivity index (χ0) is 38.4. The molecule has 4 aromatic heterocycles. The number of aryl methyl sites for hydroxylation is 1. The van der Waals surface area contributed by atoms with E-state index >= 15 is 0 Å². The topological polar surface area (TPSA) is 75.5 Å². The highest BCUT2D eigenvalue weighted by molar-refractivity contribution is 6.21. The molecule has 6 heteroatoms. The zero-order valence-corrected chi connectivity index (χ0v) is 30.9. The van der Waals surface area contributed by atoms with E-state index in [1.165, 1.54) is 0 Å². The Kier molecular flexibility index (Phi) is 6.95. The number of benzene rings is 7. The van der Waals surface area contributed by atoms with Crippen molar-refractivity contribution in [2.24, 2.45) is 0 Å². The van der Waals surface area contributed by atoms with Crippen LogP contribution in [0.3, 0.4) is 0 Å². The van der Waals surface area contributed by atoms with Crippen LogP contribution in [0.4, 0.5) is 0 Å². The van der Waals surface area contributed by atoms with Gasteiger partial charge in [0.05, 0.1) is 66.7 Å². The molecule has 4 heterocycles. The molecule has 0 unspecified atom stereocenters. The van der Waals surface area contributed by atoms with Crippen molar-refractivity contribution in [3.8, 4) is 40.5 Å². The third kappa shape index (κ3) is 4.38. The summed E-state index contributed by atoms with van der Waals surface area (Å²) in [5.41, 5.74) is 11.7. The predicted octanol–water partition coefficient (Wildman–Crippen LogP) is 12.9. The lowest BCUT2D eigenvalue weighted by Gasteiger charge is -2.19. The molecule has 0 saturated heterocycles. The smallest absolute Gasteiger partial charge is 0.145 e. The molecule has 0 aliphatic carbocycles. The molecule has 0 aliphatic heterocycles. The Morgan fingerprint density at radius 1 is 0.509 bits per heavy atom. The van der Waals surface area contributed by atoms with E-state index < -0.39 is 0 Å². The number of furan rings is 1. The third-order valence-electron chi connectivity index (χ3n) is 11.5. The number of nitrogens with zero attached hydrogens (tertiary/aromatic N) is 5. The molecule has 6 nitrogen and oxygen atoms in total. The lowest BCUT2D eigenvalue weighted by atomic mass is 10.0. The van der Waals surface area contributed by atoms with Crippen LogP contribution < -0.4 is 0 Å². The molecule has 266 valence electrons. The van der Waals surface area contributed by atoms with Gasteiger partial charge in [0.15, 0.2) is 0 Å². The minimum Gasteiger partial charge on any atom is -0.455 e. The van der Waals surface area contributed by atoms with E-state index in [1.54, 1.807) is 12.1 Å². The summed E-state index contributed by atoms with van der Waals surface area (Å²) in [6, 6.07) is 56.2. The van der Waals surface area contributed by atoms with Gasteiger partial charge in [-0.1, -0.05) is 97.6 Å². The summed E-state index contributed by atoms with van der Waals surface area (Å²) < 4.78 is 13.7. The fourth-order valence-electron chi connectivity index (χ4n) is 9.13. The Bertz CT molecular complexity index is 3520. The molecule has 0 atom stereocenters. The van der Waals surface area contributed by atoms with Gasteiger partial charge < -0.3 is 18.1 Å². The van der Waals surface area contributed by atoms with Gasteiger partial charge in [-0.05, 0) is 73.7 Å². The van der Waals surface area contributed by atoms with E-state index in [1.807, 2.05) is 60.7 Å². The van der Waals surface area contributed by atoms with Crippen LogP contribution in [0.15, 0.2) is 163 Å². The minimum absolute atomic E-state index is 0.453. The maximum Gasteiger partial charge on any atom is 0.145 e. The summed E-state index contributed by atoms with van der Waals surface area (Å²) in [5, 5.41) is 27.7. The van der Waals surface area contributed by atoms with Crippen LogP contribution in [-0.2, 0) is 0 Å². The highest BCUT2D eigenvalue weighted by Gasteiger charge is 2.28. The Morgan fingerprint density at radius 3 is 1.58 bits per heavy atom. The Morgan fingerprint density at radius 2 is 1.00 bits per heavy atom. The fraction of sp³-hybridized carbons (Fsp3) is 0.0196. The summed E-state index contributed by atoms with van der Waals surface area (Å²) in [4.78, 5) is 0. The van der Waals surface area contributed by atoms with Gasteiger partial charge >= 0.3 is 0 Å². The van der Waals surface area contributed by atoms with E-state index in [0.29, 0.717) is 22.5 Å². The van der Waals surface area contributed by atoms with Crippen LogP contribution in [0.2, 0.25) is 0 Å². The van der Waals surface area contributed by atoms with Crippen LogP contribution in [0.25, 0.3) is 99.9 Å². The Hall–Kier alpha value is -8.06. The van der Waals surface area contributed by atoms with Gasteiger partial charge in [-0.2, -0.15) is 10.5 Å². The van der Waals surface area contributed by atoms with E-state index in [0.717, 1.165) is 93.8 Å². The van der Waals surface area contributed by atoms with E-state index in [2.05, 4.69) is 124 Å². The molecule has 0 N–H and O–H groups in total. The molecule has 0 saturated carbocycles. The second-order valence-corrected chi connectivity index (χ2v) is 14.3. The first-order valence-electron chi connectivity index (χ1n) is 18.9. The Labute approximate surface area is 327 Å². The molecule has 0 bridgehead atoms. The van der Waals surface area contributed by atoms with Gasteiger partial charge in [0.25, 0.3) is 0 Å². The molecule has 0 amide bonds. The molecule has 0 spiro atoms. The molecule has 7 aromatic carbocycles. The number of nitriles is 2. The maximum absolute atomic E-state index is 10.8. The van der Waals surface area contributed by atoms with Crippen molar-refractivity contribution >= 4 is 71.6 Å². The molecule has 11 aromatic rings. The van der Waals surface area contributed by atoms with E-state index in [9.17, 15) is 10.5 Å². The summed E-state index contributed by atoms with van der Waals surface area (Å²) in [7, 11) is 0. The van der Waals surface area contributed by atoms with Crippen molar-refractivity contribution in [3.63, 3.8) is 0 Å². The number of fused-ring (bicyclic) bond motifs is 9. The van der Waals surface area contributed by atoms with E-state index in [4.69, 9.17) is 4.42 Å². The standard InChI is InChI=1S/C51H31N5O/c1-3-40-46(38-19-9-13-23-43(38)54(40)34-15-5-4-6-16-34)50-31(2)35-27-28-45-47(51(35)57-50)39-20-10-14-24-44(39)56(45)49-33(30-53)26-25-32(29-52)48(49)55-41-21-11-7-17-36(41)37-18-8-12-22-42(37)55/h3-28H,1H2,2H3. The van der Waals surface area contributed by atoms with Gasteiger partial charge in [-0.15, -0.1) is 0 Å². The summed E-state index contributed by atoms with van der Waals surface area (Å²) in [6.07, 6.45) is 1.91. The van der Waals surface area contributed by atoms with Crippen LogP contribution in [-0.4, -0.2) is 13.7 Å². The van der Waals surface area contributed by atoms with Crippen molar-refractivity contribution < 1.29 is 4.42 Å². The molecule has 57 heavy (non-hydrogen) atoms. The largest absolute Gasteiger partial charge is 0.455 e. The van der Waals surface area contributed by atoms with Crippen molar-refractivity contribution in [1.82, 2.24) is 13.7 Å². The number of rotatable bonds is 5. The third-order valence-corrected chi connectivity index (χ3v) is 11.5. The van der Waals surface area contributed by atoms with Gasteiger partial charge in [0, 0.05) is 38.2 Å². The average Bonchev–Trinajstić information content (AvgIpc) is 3.99. The highest BCUT2D eigenvalue weighted by atomic mass is 16.3. The number of aromatic nitrogens is 3. The first-order valence-corrected chi connectivity index (χ1v) is 18.9. The number of hydrogen-bond donors (Lipinski definition) is 0. The highest BCUT2D eigenvalue weighted by Crippen LogP contribution is 2.47. The summed E-state index contributed by atoms with van der Waals surface area (Å²) >= 11 is 0. The molecule has 11 rings (SSSR count). The van der Waals surface area contributed by atoms with Crippen molar-refractivity contribution in [2.45, 2.75) is 6.92 Å². The van der Waals surface area contributed by atoms with Crippen molar-refractivity contribution in [1.29, 1.82) is 10.5 Å². The minimum atomic E-state index is 0.453. The van der Waals surface area contributed by atoms with Gasteiger partial charge in [-0.25, -0.2) is 0 Å².